The van der Waals surface area contributed by atoms with Gasteiger partial charge in [-0.2, -0.15) is 0 Å². The van der Waals surface area contributed by atoms with Crippen LogP contribution >= 0.6 is 0 Å². The van der Waals surface area contributed by atoms with Crippen molar-refractivity contribution in [1.29, 1.82) is 0 Å². The number of hydrogen-bond acceptors (Lipinski definition) is 3. The summed E-state index contributed by atoms with van der Waals surface area (Å²) in [6, 6.07) is 0.896. The molecule has 2 rings (SSSR count). The van der Waals surface area contributed by atoms with Crippen molar-refractivity contribution in [2.45, 2.75) is 13.0 Å². The summed E-state index contributed by atoms with van der Waals surface area (Å²) >= 11 is 0. The zero-order chi connectivity index (χ0) is 16.4. The molecule has 1 aromatic rings. The van der Waals surface area contributed by atoms with Crippen molar-refractivity contribution in [3.05, 3.63) is 35.1 Å². The minimum atomic E-state index is -1.26. The first-order valence-corrected chi connectivity index (χ1v) is 6.72. The maximum absolute atomic E-state index is 13.6. The van der Waals surface area contributed by atoms with E-state index in [4.69, 9.17) is 0 Å². The van der Waals surface area contributed by atoms with Gasteiger partial charge >= 0.3 is 0 Å². The van der Waals surface area contributed by atoms with E-state index in [1.54, 1.807) is 0 Å². The number of carbonyl (C=O) groups is 2. The van der Waals surface area contributed by atoms with Crippen LogP contribution in [-0.4, -0.2) is 59.0 Å². The Bertz CT molecular complexity index is 576. The Morgan fingerprint density at radius 1 is 1.05 bits per heavy atom. The minimum absolute atomic E-state index is 0.0769. The molecule has 22 heavy (non-hydrogen) atoms. The fourth-order valence-corrected chi connectivity index (χ4v) is 2.30. The standard InChI is InChI=1S/C14H15F3N2O3/c1-8(20)13(21)18-2-4-19(5-3-18)14(22)12-10(16)6-9(15)7-11(12)17/h6-8,20H,2-5H2,1H3. The molecule has 1 unspecified atom stereocenters. The molecule has 1 heterocycles. The van der Waals surface area contributed by atoms with E-state index in [0.717, 1.165) is 0 Å². The third-order valence-corrected chi connectivity index (χ3v) is 3.46. The monoisotopic (exact) mass is 316 g/mol. The van der Waals surface area contributed by atoms with E-state index in [2.05, 4.69) is 0 Å². The summed E-state index contributed by atoms with van der Waals surface area (Å²) in [5.74, 6) is -4.97. The molecule has 1 atom stereocenters. The average Bonchev–Trinajstić information content (AvgIpc) is 2.45. The fraction of sp³-hybridized carbons (Fsp3) is 0.429. The summed E-state index contributed by atoms with van der Waals surface area (Å²) in [6.07, 6.45) is -1.14. The Morgan fingerprint density at radius 3 is 1.95 bits per heavy atom. The number of halogens is 3. The molecule has 8 heteroatoms. The zero-order valence-corrected chi connectivity index (χ0v) is 11.9. The fourth-order valence-electron chi connectivity index (χ4n) is 2.30. The molecule has 0 radical (unpaired) electrons. The topological polar surface area (TPSA) is 60.9 Å². The van der Waals surface area contributed by atoms with E-state index in [1.165, 1.54) is 16.7 Å². The van der Waals surface area contributed by atoms with E-state index >= 15 is 0 Å². The van der Waals surface area contributed by atoms with Crippen LogP contribution in [0.15, 0.2) is 12.1 Å². The van der Waals surface area contributed by atoms with Gasteiger partial charge < -0.3 is 14.9 Å². The van der Waals surface area contributed by atoms with Crippen molar-refractivity contribution < 1.29 is 27.9 Å². The third-order valence-electron chi connectivity index (χ3n) is 3.46. The number of hydrogen-bond donors (Lipinski definition) is 1. The summed E-state index contributed by atoms with van der Waals surface area (Å²) in [5, 5.41) is 9.22. The Balaban J connectivity index is 2.09. The maximum atomic E-state index is 13.6. The van der Waals surface area contributed by atoms with E-state index in [-0.39, 0.29) is 26.2 Å². The Hall–Kier alpha value is -2.09. The lowest BCUT2D eigenvalue weighted by atomic mass is 10.1. The number of rotatable bonds is 2. The molecule has 0 aromatic heterocycles. The lowest BCUT2D eigenvalue weighted by Crippen LogP contribution is -2.52. The molecule has 0 spiro atoms. The van der Waals surface area contributed by atoms with Crippen molar-refractivity contribution in [2.75, 3.05) is 26.2 Å². The first-order valence-electron chi connectivity index (χ1n) is 6.72. The van der Waals surface area contributed by atoms with Gasteiger partial charge in [-0.25, -0.2) is 13.2 Å². The summed E-state index contributed by atoms with van der Waals surface area (Å²) in [7, 11) is 0. The van der Waals surface area contributed by atoms with Crippen molar-refractivity contribution in [3.8, 4) is 0 Å². The molecular formula is C14H15F3N2O3. The van der Waals surface area contributed by atoms with Crippen LogP contribution in [-0.2, 0) is 4.79 Å². The summed E-state index contributed by atoms with van der Waals surface area (Å²) in [5.41, 5.74) is -0.809. The first kappa shape index (κ1) is 16.3. The summed E-state index contributed by atoms with van der Waals surface area (Å²) < 4.78 is 40.1. The van der Waals surface area contributed by atoms with Crippen molar-refractivity contribution in [3.63, 3.8) is 0 Å². The predicted octanol–water partition coefficient (Wildman–Crippen LogP) is 0.769. The van der Waals surface area contributed by atoms with Gasteiger partial charge in [-0.3, -0.25) is 9.59 Å². The molecule has 120 valence electrons. The lowest BCUT2D eigenvalue weighted by molar-refractivity contribution is -0.140. The summed E-state index contributed by atoms with van der Waals surface area (Å²) in [4.78, 5) is 26.3. The number of amides is 2. The largest absolute Gasteiger partial charge is 0.384 e. The van der Waals surface area contributed by atoms with Gasteiger partial charge in [0.15, 0.2) is 0 Å². The Labute approximate surface area is 124 Å². The third kappa shape index (κ3) is 3.22. The van der Waals surface area contributed by atoms with E-state index in [0.29, 0.717) is 12.1 Å². The molecule has 1 saturated heterocycles. The Kier molecular flexibility index (Phi) is 4.70. The van der Waals surface area contributed by atoms with Gasteiger partial charge in [0.25, 0.3) is 11.8 Å². The number of aliphatic hydroxyl groups excluding tert-OH is 1. The zero-order valence-electron chi connectivity index (χ0n) is 11.9. The predicted molar refractivity (Wildman–Crippen MR) is 70.5 cm³/mol. The second-order valence-electron chi connectivity index (χ2n) is 5.04. The van der Waals surface area contributed by atoms with Crippen LogP contribution in [0.1, 0.15) is 17.3 Å². The number of piperazine rings is 1. The van der Waals surface area contributed by atoms with Crippen LogP contribution in [0.25, 0.3) is 0 Å². The smallest absolute Gasteiger partial charge is 0.259 e. The molecule has 1 N–H and O–H groups in total. The average molecular weight is 316 g/mol. The van der Waals surface area contributed by atoms with Gasteiger partial charge in [-0.1, -0.05) is 0 Å². The number of aliphatic hydroxyl groups is 1. The van der Waals surface area contributed by atoms with Crippen molar-refractivity contribution >= 4 is 11.8 Å². The highest BCUT2D eigenvalue weighted by Gasteiger charge is 2.29. The van der Waals surface area contributed by atoms with Crippen LogP contribution in [0.3, 0.4) is 0 Å². The number of benzene rings is 1. The van der Waals surface area contributed by atoms with Gasteiger partial charge in [0.1, 0.15) is 29.1 Å². The van der Waals surface area contributed by atoms with Crippen LogP contribution < -0.4 is 0 Å². The quantitative estimate of drug-likeness (QED) is 0.877. The molecule has 1 aromatic carbocycles. The number of carbonyl (C=O) groups excluding carboxylic acids is 2. The molecule has 2 amide bonds. The van der Waals surface area contributed by atoms with Crippen LogP contribution in [0, 0.1) is 17.5 Å². The normalized spacial score (nSPS) is 16.6. The summed E-state index contributed by atoms with van der Waals surface area (Å²) in [6.45, 7) is 1.80. The molecule has 1 aliphatic rings. The highest BCUT2D eigenvalue weighted by atomic mass is 19.1. The molecule has 0 saturated carbocycles. The van der Waals surface area contributed by atoms with Gasteiger partial charge in [0.2, 0.25) is 0 Å². The minimum Gasteiger partial charge on any atom is -0.384 e. The van der Waals surface area contributed by atoms with Gasteiger partial charge in [-0.05, 0) is 6.92 Å². The molecule has 0 aliphatic carbocycles. The lowest BCUT2D eigenvalue weighted by Gasteiger charge is -2.35. The van der Waals surface area contributed by atoms with Crippen molar-refractivity contribution in [1.82, 2.24) is 9.80 Å². The van der Waals surface area contributed by atoms with E-state index < -0.39 is 40.9 Å². The SMILES string of the molecule is CC(O)C(=O)N1CCN(C(=O)c2c(F)cc(F)cc2F)CC1. The first-order chi connectivity index (χ1) is 10.3. The molecule has 0 bridgehead atoms. The molecule has 5 nitrogen and oxygen atoms in total. The van der Waals surface area contributed by atoms with Crippen LogP contribution in [0.4, 0.5) is 13.2 Å². The highest BCUT2D eigenvalue weighted by Crippen LogP contribution is 2.18. The maximum Gasteiger partial charge on any atom is 0.259 e. The highest BCUT2D eigenvalue weighted by molar-refractivity contribution is 5.95. The molecule has 1 aliphatic heterocycles. The van der Waals surface area contributed by atoms with Gasteiger partial charge in [0.05, 0.1) is 0 Å². The second-order valence-corrected chi connectivity index (χ2v) is 5.04. The van der Waals surface area contributed by atoms with Crippen LogP contribution in [0.5, 0.6) is 0 Å². The second kappa shape index (κ2) is 6.35. The van der Waals surface area contributed by atoms with Gasteiger partial charge in [0, 0.05) is 38.3 Å². The molecule has 1 fully saturated rings. The van der Waals surface area contributed by atoms with Crippen molar-refractivity contribution in [2.24, 2.45) is 0 Å². The number of nitrogens with zero attached hydrogens (tertiary/aromatic N) is 2. The molecular weight excluding hydrogens is 301 g/mol. The Morgan fingerprint density at radius 2 is 1.50 bits per heavy atom. The van der Waals surface area contributed by atoms with Crippen LogP contribution in [0.2, 0.25) is 0 Å². The van der Waals surface area contributed by atoms with Gasteiger partial charge in [-0.15, -0.1) is 0 Å². The van der Waals surface area contributed by atoms with E-state index in [9.17, 15) is 27.9 Å². The van der Waals surface area contributed by atoms with E-state index in [1.807, 2.05) is 0 Å².